The average Bonchev–Trinajstić information content (AvgIpc) is 2.83. The van der Waals surface area contributed by atoms with Gasteiger partial charge in [0.2, 0.25) is 0 Å². The fraction of sp³-hybridized carbons (Fsp3) is 0.0769. The highest BCUT2D eigenvalue weighted by Gasteiger charge is 2.12. The summed E-state index contributed by atoms with van der Waals surface area (Å²) in [4.78, 5) is 8.29. The van der Waals surface area contributed by atoms with Gasteiger partial charge < -0.3 is 5.73 Å². The van der Waals surface area contributed by atoms with E-state index in [4.69, 9.17) is 5.73 Å². The van der Waals surface area contributed by atoms with E-state index in [1.165, 1.54) is 0 Å². The van der Waals surface area contributed by atoms with E-state index in [1.807, 2.05) is 24.3 Å². The van der Waals surface area contributed by atoms with E-state index in [2.05, 4.69) is 9.97 Å². The van der Waals surface area contributed by atoms with Crippen molar-refractivity contribution in [3.05, 3.63) is 54.2 Å². The van der Waals surface area contributed by atoms with E-state index in [0.29, 0.717) is 5.56 Å². The van der Waals surface area contributed by atoms with Crippen LogP contribution in [0.2, 0.25) is 0 Å². The predicted molar refractivity (Wildman–Crippen MR) is 66.7 cm³/mol. The summed E-state index contributed by atoms with van der Waals surface area (Å²) in [7, 11) is 0. The van der Waals surface area contributed by atoms with Crippen molar-refractivity contribution in [3.63, 3.8) is 0 Å². The summed E-state index contributed by atoms with van der Waals surface area (Å²) < 4.78 is 15.8. The van der Waals surface area contributed by atoms with Gasteiger partial charge in [0, 0.05) is 18.3 Å². The van der Waals surface area contributed by atoms with Crippen molar-refractivity contribution in [2.24, 2.45) is 5.73 Å². The maximum Gasteiger partial charge on any atom is 0.175 e. The Bertz CT molecular complexity index is 705. The van der Waals surface area contributed by atoms with Crippen molar-refractivity contribution in [1.82, 2.24) is 14.5 Å². The number of rotatable bonds is 2. The Morgan fingerprint density at radius 3 is 2.83 bits per heavy atom. The zero-order valence-corrected chi connectivity index (χ0v) is 9.55. The predicted octanol–water partition coefficient (Wildman–Crippen LogP) is 2.02. The highest BCUT2D eigenvalue weighted by Crippen LogP contribution is 2.20. The standard InChI is InChI=1S/C13H11FN4/c14-12-9(7-15)5-6-16-13(12)18-8-17-10-3-1-2-4-11(10)18/h1-6,8H,7,15H2. The van der Waals surface area contributed by atoms with Crippen LogP contribution in [0, 0.1) is 5.82 Å². The lowest BCUT2D eigenvalue weighted by Gasteiger charge is -2.07. The van der Waals surface area contributed by atoms with Crippen LogP contribution in [0.5, 0.6) is 0 Å². The molecule has 0 bridgehead atoms. The molecule has 2 aromatic heterocycles. The Morgan fingerprint density at radius 1 is 1.17 bits per heavy atom. The summed E-state index contributed by atoms with van der Waals surface area (Å²) in [6.45, 7) is 0.147. The van der Waals surface area contributed by atoms with Gasteiger partial charge in [0.05, 0.1) is 11.0 Å². The number of benzene rings is 1. The van der Waals surface area contributed by atoms with Gasteiger partial charge in [-0.15, -0.1) is 0 Å². The Kier molecular flexibility index (Phi) is 2.53. The molecule has 1 aromatic carbocycles. The third kappa shape index (κ3) is 1.56. The molecule has 0 saturated carbocycles. The van der Waals surface area contributed by atoms with E-state index in [-0.39, 0.29) is 12.4 Å². The number of fused-ring (bicyclic) bond motifs is 1. The average molecular weight is 242 g/mol. The van der Waals surface area contributed by atoms with E-state index < -0.39 is 5.82 Å². The second kappa shape index (κ2) is 4.19. The monoisotopic (exact) mass is 242 g/mol. The molecule has 0 unspecified atom stereocenters. The molecule has 0 amide bonds. The number of halogens is 1. The number of para-hydroxylation sites is 2. The van der Waals surface area contributed by atoms with Crippen molar-refractivity contribution >= 4 is 11.0 Å². The van der Waals surface area contributed by atoms with Gasteiger partial charge in [-0.2, -0.15) is 0 Å². The smallest absolute Gasteiger partial charge is 0.175 e. The Labute approximate surface area is 103 Å². The first-order valence-corrected chi connectivity index (χ1v) is 5.57. The molecule has 0 fully saturated rings. The zero-order chi connectivity index (χ0) is 12.5. The normalized spacial score (nSPS) is 11.0. The molecular weight excluding hydrogens is 231 g/mol. The van der Waals surface area contributed by atoms with Gasteiger partial charge in [0.25, 0.3) is 0 Å². The van der Waals surface area contributed by atoms with Crippen molar-refractivity contribution in [2.45, 2.75) is 6.54 Å². The topological polar surface area (TPSA) is 56.7 Å². The minimum atomic E-state index is -0.400. The summed E-state index contributed by atoms with van der Waals surface area (Å²) in [5.74, 6) is -0.171. The fourth-order valence-electron chi connectivity index (χ4n) is 1.92. The fourth-order valence-corrected chi connectivity index (χ4v) is 1.92. The van der Waals surface area contributed by atoms with Gasteiger partial charge in [0.1, 0.15) is 6.33 Å². The molecule has 0 saturated heterocycles. The summed E-state index contributed by atoms with van der Waals surface area (Å²) in [6.07, 6.45) is 3.12. The number of nitrogens with two attached hydrogens (primary N) is 1. The Hall–Kier alpha value is -2.27. The van der Waals surface area contributed by atoms with E-state index in [1.54, 1.807) is 23.2 Å². The SMILES string of the molecule is NCc1ccnc(-n2cnc3ccccc32)c1F. The van der Waals surface area contributed by atoms with Crippen LogP contribution in [0.15, 0.2) is 42.9 Å². The van der Waals surface area contributed by atoms with Gasteiger partial charge in [-0.1, -0.05) is 12.1 Å². The largest absolute Gasteiger partial charge is 0.326 e. The molecule has 2 N–H and O–H groups in total. The highest BCUT2D eigenvalue weighted by molar-refractivity contribution is 5.76. The van der Waals surface area contributed by atoms with Crippen LogP contribution < -0.4 is 5.73 Å². The second-order valence-corrected chi connectivity index (χ2v) is 3.92. The number of hydrogen-bond acceptors (Lipinski definition) is 3. The molecule has 0 atom stereocenters. The van der Waals surface area contributed by atoms with Crippen LogP contribution in [-0.4, -0.2) is 14.5 Å². The van der Waals surface area contributed by atoms with Crippen LogP contribution in [0.1, 0.15) is 5.56 Å². The first kappa shape index (κ1) is 10.9. The van der Waals surface area contributed by atoms with Gasteiger partial charge >= 0.3 is 0 Å². The molecular formula is C13H11FN4. The van der Waals surface area contributed by atoms with Crippen molar-refractivity contribution < 1.29 is 4.39 Å². The molecule has 0 aliphatic heterocycles. The molecule has 0 aliphatic carbocycles. The minimum absolute atomic E-state index is 0.147. The molecule has 0 spiro atoms. The number of imidazole rings is 1. The summed E-state index contributed by atoms with van der Waals surface area (Å²) in [5.41, 5.74) is 7.56. The zero-order valence-electron chi connectivity index (χ0n) is 9.55. The Balaban J connectivity index is 2.26. The first-order chi connectivity index (χ1) is 8.81. The van der Waals surface area contributed by atoms with Gasteiger partial charge in [-0.25, -0.2) is 14.4 Å². The molecule has 5 heteroatoms. The van der Waals surface area contributed by atoms with Crippen LogP contribution in [0.25, 0.3) is 16.9 Å². The maximum atomic E-state index is 14.2. The summed E-state index contributed by atoms with van der Waals surface area (Å²) >= 11 is 0. The molecule has 0 radical (unpaired) electrons. The maximum absolute atomic E-state index is 14.2. The van der Waals surface area contributed by atoms with Gasteiger partial charge in [0.15, 0.2) is 11.6 Å². The lowest BCUT2D eigenvalue weighted by atomic mass is 10.2. The molecule has 3 rings (SSSR count). The first-order valence-electron chi connectivity index (χ1n) is 5.57. The number of pyridine rings is 1. The molecule has 0 aliphatic rings. The molecule has 2 heterocycles. The van der Waals surface area contributed by atoms with Gasteiger partial charge in [-0.3, -0.25) is 4.57 Å². The van der Waals surface area contributed by atoms with Gasteiger partial charge in [-0.05, 0) is 18.2 Å². The minimum Gasteiger partial charge on any atom is -0.326 e. The van der Waals surface area contributed by atoms with E-state index >= 15 is 0 Å². The molecule has 4 nitrogen and oxygen atoms in total. The number of nitrogens with zero attached hydrogens (tertiary/aromatic N) is 3. The lowest BCUT2D eigenvalue weighted by Crippen LogP contribution is -2.06. The Morgan fingerprint density at radius 2 is 2.00 bits per heavy atom. The third-order valence-electron chi connectivity index (χ3n) is 2.85. The molecule has 18 heavy (non-hydrogen) atoms. The van der Waals surface area contributed by atoms with Crippen molar-refractivity contribution in [1.29, 1.82) is 0 Å². The van der Waals surface area contributed by atoms with Crippen LogP contribution >= 0.6 is 0 Å². The molecule has 90 valence electrons. The van der Waals surface area contributed by atoms with Crippen LogP contribution in [0.4, 0.5) is 4.39 Å². The van der Waals surface area contributed by atoms with E-state index in [0.717, 1.165) is 11.0 Å². The lowest BCUT2D eigenvalue weighted by molar-refractivity contribution is 0.594. The highest BCUT2D eigenvalue weighted by atomic mass is 19.1. The second-order valence-electron chi connectivity index (χ2n) is 3.92. The van der Waals surface area contributed by atoms with Crippen LogP contribution in [-0.2, 0) is 6.54 Å². The van der Waals surface area contributed by atoms with Crippen molar-refractivity contribution in [2.75, 3.05) is 0 Å². The van der Waals surface area contributed by atoms with E-state index in [9.17, 15) is 4.39 Å². The molecule has 3 aromatic rings. The van der Waals surface area contributed by atoms with Crippen molar-refractivity contribution in [3.8, 4) is 5.82 Å². The summed E-state index contributed by atoms with van der Waals surface area (Å²) in [5, 5.41) is 0. The van der Waals surface area contributed by atoms with Crippen LogP contribution in [0.3, 0.4) is 0 Å². The third-order valence-corrected chi connectivity index (χ3v) is 2.85. The number of hydrogen-bond donors (Lipinski definition) is 1. The quantitative estimate of drug-likeness (QED) is 0.748. The number of aromatic nitrogens is 3. The summed E-state index contributed by atoms with van der Waals surface area (Å²) in [6, 6.07) is 9.10.